The standard InChI is InChI=1S/C21H25NO3/c1-22(20(11-12-23)15-7-4-3-5-8-15)21(24)19-14-18(19)16-9-6-10-17(13-16)25-2/h3-10,13,18-20,23H,11-12,14H2,1-2H3. The summed E-state index contributed by atoms with van der Waals surface area (Å²) < 4.78 is 5.28. The maximum atomic E-state index is 12.9. The second-order valence-electron chi connectivity index (χ2n) is 6.61. The molecule has 2 aromatic rings. The zero-order valence-corrected chi connectivity index (χ0v) is 14.8. The maximum absolute atomic E-state index is 12.9. The lowest BCUT2D eigenvalue weighted by atomic mass is 10.0. The predicted octanol–water partition coefficient (Wildman–Crippen LogP) is 3.38. The highest BCUT2D eigenvalue weighted by molar-refractivity contribution is 5.83. The molecule has 0 aromatic heterocycles. The average Bonchev–Trinajstić information content (AvgIpc) is 3.46. The molecule has 0 aliphatic heterocycles. The summed E-state index contributed by atoms with van der Waals surface area (Å²) in [6.07, 6.45) is 1.42. The van der Waals surface area contributed by atoms with Gasteiger partial charge in [-0.2, -0.15) is 0 Å². The first-order valence-corrected chi connectivity index (χ1v) is 8.72. The number of aliphatic hydroxyl groups excluding tert-OH is 1. The molecule has 4 nitrogen and oxygen atoms in total. The largest absolute Gasteiger partial charge is 0.497 e. The van der Waals surface area contributed by atoms with Gasteiger partial charge in [-0.25, -0.2) is 0 Å². The molecule has 132 valence electrons. The molecule has 3 unspecified atom stereocenters. The highest BCUT2D eigenvalue weighted by Gasteiger charge is 2.46. The number of aliphatic hydroxyl groups is 1. The molecule has 0 spiro atoms. The van der Waals surface area contributed by atoms with E-state index in [1.807, 2.05) is 55.6 Å². The number of rotatable bonds is 7. The molecular weight excluding hydrogens is 314 g/mol. The molecule has 2 aromatic carbocycles. The van der Waals surface area contributed by atoms with Crippen LogP contribution < -0.4 is 4.74 Å². The van der Waals surface area contributed by atoms with Gasteiger partial charge in [0.15, 0.2) is 0 Å². The van der Waals surface area contributed by atoms with Crippen molar-refractivity contribution in [1.82, 2.24) is 4.90 Å². The smallest absolute Gasteiger partial charge is 0.226 e. The lowest BCUT2D eigenvalue weighted by Crippen LogP contribution is -2.33. The molecule has 4 heteroatoms. The molecule has 1 fully saturated rings. The van der Waals surface area contributed by atoms with Gasteiger partial charge in [0.1, 0.15) is 5.75 Å². The van der Waals surface area contributed by atoms with Gasteiger partial charge in [0, 0.05) is 19.6 Å². The van der Waals surface area contributed by atoms with Crippen molar-refractivity contribution in [3.05, 3.63) is 65.7 Å². The SMILES string of the molecule is COc1cccc(C2CC2C(=O)N(C)C(CCO)c2ccccc2)c1. The summed E-state index contributed by atoms with van der Waals surface area (Å²) in [6.45, 7) is 0.0567. The van der Waals surface area contributed by atoms with E-state index < -0.39 is 0 Å². The summed E-state index contributed by atoms with van der Waals surface area (Å²) >= 11 is 0. The van der Waals surface area contributed by atoms with Crippen LogP contribution in [0.1, 0.15) is 35.9 Å². The third-order valence-corrected chi connectivity index (χ3v) is 5.03. The molecule has 1 amide bonds. The second kappa shape index (κ2) is 7.70. The molecule has 1 aliphatic carbocycles. The van der Waals surface area contributed by atoms with E-state index in [1.165, 1.54) is 0 Å². The van der Waals surface area contributed by atoms with Gasteiger partial charge >= 0.3 is 0 Å². The van der Waals surface area contributed by atoms with Crippen molar-refractivity contribution >= 4 is 5.91 Å². The minimum atomic E-state index is -0.0924. The number of hydrogen-bond donors (Lipinski definition) is 1. The Hall–Kier alpha value is -2.33. The first-order chi connectivity index (χ1) is 12.2. The van der Waals surface area contributed by atoms with E-state index in [1.54, 1.807) is 12.0 Å². The third kappa shape index (κ3) is 3.85. The van der Waals surface area contributed by atoms with Gasteiger partial charge < -0.3 is 14.7 Å². The van der Waals surface area contributed by atoms with Gasteiger partial charge in [-0.05, 0) is 42.0 Å². The average molecular weight is 339 g/mol. The molecular formula is C21H25NO3. The van der Waals surface area contributed by atoms with Crippen LogP contribution in [0.2, 0.25) is 0 Å². The fourth-order valence-corrected chi connectivity index (χ4v) is 3.51. The molecule has 1 saturated carbocycles. The molecule has 1 N–H and O–H groups in total. The summed E-state index contributed by atoms with van der Waals surface area (Å²) in [5, 5.41) is 9.42. The Labute approximate surface area is 149 Å². The van der Waals surface area contributed by atoms with Crippen molar-refractivity contribution in [1.29, 1.82) is 0 Å². The molecule has 0 heterocycles. The monoisotopic (exact) mass is 339 g/mol. The number of carbonyl (C=O) groups is 1. The Morgan fingerprint density at radius 1 is 1.24 bits per heavy atom. The van der Waals surface area contributed by atoms with Crippen LogP contribution in [0.5, 0.6) is 5.75 Å². The zero-order valence-electron chi connectivity index (χ0n) is 14.8. The lowest BCUT2D eigenvalue weighted by molar-refractivity contribution is -0.133. The normalized spacial score (nSPS) is 20.0. The molecule has 1 aliphatic rings. The number of methoxy groups -OCH3 is 1. The summed E-state index contributed by atoms with van der Waals surface area (Å²) in [6, 6.07) is 17.8. The van der Waals surface area contributed by atoms with Gasteiger partial charge in [0.2, 0.25) is 5.91 Å². The fraction of sp³-hybridized carbons (Fsp3) is 0.381. The summed E-state index contributed by atoms with van der Waals surface area (Å²) in [7, 11) is 3.50. The molecule has 25 heavy (non-hydrogen) atoms. The van der Waals surface area contributed by atoms with Crippen LogP contribution in [0.4, 0.5) is 0 Å². The van der Waals surface area contributed by atoms with Crippen molar-refractivity contribution in [3.8, 4) is 5.75 Å². The van der Waals surface area contributed by atoms with Gasteiger partial charge in [-0.15, -0.1) is 0 Å². The molecule has 3 atom stereocenters. The topological polar surface area (TPSA) is 49.8 Å². The van der Waals surface area contributed by atoms with Crippen LogP contribution in [0.25, 0.3) is 0 Å². The number of nitrogens with zero attached hydrogens (tertiary/aromatic N) is 1. The van der Waals surface area contributed by atoms with Crippen molar-refractivity contribution < 1.29 is 14.6 Å². The van der Waals surface area contributed by atoms with Crippen molar-refractivity contribution in [2.45, 2.75) is 24.8 Å². The van der Waals surface area contributed by atoms with Crippen LogP contribution in [0.15, 0.2) is 54.6 Å². The van der Waals surface area contributed by atoms with E-state index in [9.17, 15) is 9.90 Å². The summed E-state index contributed by atoms with van der Waals surface area (Å²) in [5.74, 6) is 1.25. The number of benzene rings is 2. The highest BCUT2D eigenvalue weighted by Crippen LogP contribution is 2.49. The van der Waals surface area contributed by atoms with Crippen LogP contribution in [-0.2, 0) is 4.79 Å². The van der Waals surface area contributed by atoms with E-state index in [0.29, 0.717) is 6.42 Å². The minimum Gasteiger partial charge on any atom is -0.497 e. The third-order valence-electron chi connectivity index (χ3n) is 5.03. The Balaban J connectivity index is 1.71. The molecule has 0 saturated heterocycles. The minimum absolute atomic E-state index is 0.0158. The number of carbonyl (C=O) groups excluding carboxylic acids is 1. The summed E-state index contributed by atoms with van der Waals surface area (Å²) in [4.78, 5) is 14.7. The van der Waals surface area contributed by atoms with Crippen molar-refractivity contribution in [2.24, 2.45) is 5.92 Å². The van der Waals surface area contributed by atoms with Gasteiger partial charge in [-0.1, -0.05) is 42.5 Å². The first kappa shape index (κ1) is 17.5. The van der Waals surface area contributed by atoms with E-state index in [4.69, 9.17) is 4.74 Å². The Kier molecular flexibility index (Phi) is 5.39. The van der Waals surface area contributed by atoms with E-state index >= 15 is 0 Å². The first-order valence-electron chi connectivity index (χ1n) is 8.72. The Morgan fingerprint density at radius 2 is 2.00 bits per heavy atom. The highest BCUT2D eigenvalue weighted by atomic mass is 16.5. The van der Waals surface area contributed by atoms with Crippen LogP contribution in [0.3, 0.4) is 0 Å². The van der Waals surface area contributed by atoms with E-state index in [0.717, 1.165) is 23.3 Å². The maximum Gasteiger partial charge on any atom is 0.226 e. The quantitative estimate of drug-likeness (QED) is 0.841. The molecule has 3 rings (SSSR count). The van der Waals surface area contributed by atoms with Gasteiger partial charge in [0.05, 0.1) is 13.2 Å². The van der Waals surface area contributed by atoms with Gasteiger partial charge in [-0.3, -0.25) is 4.79 Å². The van der Waals surface area contributed by atoms with Gasteiger partial charge in [0.25, 0.3) is 0 Å². The predicted molar refractivity (Wildman–Crippen MR) is 97.5 cm³/mol. The van der Waals surface area contributed by atoms with E-state index in [2.05, 4.69) is 6.07 Å². The number of ether oxygens (including phenoxy) is 1. The zero-order chi connectivity index (χ0) is 17.8. The Bertz CT molecular complexity index is 716. The number of amides is 1. The van der Waals surface area contributed by atoms with E-state index in [-0.39, 0.29) is 30.4 Å². The van der Waals surface area contributed by atoms with Crippen LogP contribution >= 0.6 is 0 Å². The van der Waals surface area contributed by atoms with Crippen LogP contribution in [-0.4, -0.2) is 36.7 Å². The molecule has 0 bridgehead atoms. The van der Waals surface area contributed by atoms with Crippen LogP contribution in [0, 0.1) is 5.92 Å². The lowest BCUT2D eigenvalue weighted by Gasteiger charge is -2.28. The second-order valence-corrected chi connectivity index (χ2v) is 6.61. The summed E-state index contributed by atoms with van der Waals surface area (Å²) in [5.41, 5.74) is 2.22. The number of hydrogen-bond acceptors (Lipinski definition) is 3. The molecule has 0 radical (unpaired) electrons. The van der Waals surface area contributed by atoms with Crippen molar-refractivity contribution in [3.63, 3.8) is 0 Å². The Morgan fingerprint density at radius 3 is 2.68 bits per heavy atom. The van der Waals surface area contributed by atoms with Crippen molar-refractivity contribution in [2.75, 3.05) is 20.8 Å². The fourth-order valence-electron chi connectivity index (χ4n) is 3.51.